The first kappa shape index (κ1) is 29.0. The number of H-pyrrole nitrogens is 1. The Bertz CT molecular complexity index is 1540. The van der Waals surface area contributed by atoms with Crippen LogP contribution in [-0.4, -0.2) is 60.3 Å². The molecule has 4 aromatic rings. The van der Waals surface area contributed by atoms with Crippen LogP contribution in [0.3, 0.4) is 0 Å². The van der Waals surface area contributed by atoms with Gasteiger partial charge in [-0.3, -0.25) is 4.90 Å². The van der Waals surface area contributed by atoms with Crippen LogP contribution < -0.4 is 4.72 Å². The van der Waals surface area contributed by atoms with E-state index in [-0.39, 0.29) is 19.0 Å². The largest absolute Gasteiger partial charge is 0.416 e. The number of alkyl halides is 3. The molecule has 1 aliphatic heterocycles. The Kier molecular flexibility index (Phi) is 8.60. The minimum absolute atomic E-state index is 0.0944. The summed E-state index contributed by atoms with van der Waals surface area (Å²) in [4.78, 5) is 10.2. The van der Waals surface area contributed by atoms with Gasteiger partial charge in [0.2, 0.25) is 0 Å². The average Bonchev–Trinajstić information content (AvgIpc) is 3.61. The van der Waals surface area contributed by atoms with Gasteiger partial charge in [-0.05, 0) is 24.1 Å². The number of imidazole rings is 1. The number of halogens is 3. The highest BCUT2D eigenvalue weighted by Gasteiger charge is 2.32. The highest BCUT2D eigenvalue weighted by molar-refractivity contribution is 7.87. The fourth-order valence-corrected chi connectivity index (χ4v) is 6.20. The lowest BCUT2D eigenvalue weighted by atomic mass is 10.1. The smallest absolute Gasteiger partial charge is 0.341 e. The van der Waals surface area contributed by atoms with Gasteiger partial charge < -0.3 is 4.98 Å². The molecule has 1 atom stereocenters. The minimum atomic E-state index is -4.44. The maximum atomic E-state index is 13.1. The lowest BCUT2D eigenvalue weighted by molar-refractivity contribution is -0.137. The first-order valence-corrected chi connectivity index (χ1v) is 14.8. The number of rotatable bonds is 10. The van der Waals surface area contributed by atoms with Crippen molar-refractivity contribution in [3.8, 4) is 22.6 Å². The molecule has 1 saturated heterocycles. The molecule has 0 aliphatic carbocycles. The van der Waals surface area contributed by atoms with Gasteiger partial charge in [0.05, 0.1) is 11.3 Å². The summed E-state index contributed by atoms with van der Waals surface area (Å²) in [7, 11) is -2.16. The molecule has 1 fully saturated rings. The van der Waals surface area contributed by atoms with Crippen LogP contribution in [0.15, 0.2) is 84.9 Å². The van der Waals surface area contributed by atoms with Crippen molar-refractivity contribution in [2.75, 3.05) is 26.7 Å². The molecule has 1 aliphatic rings. The summed E-state index contributed by atoms with van der Waals surface area (Å²) >= 11 is 0. The number of hydrogen-bond acceptors (Lipinski definition) is 4. The third kappa shape index (κ3) is 7.05. The van der Waals surface area contributed by atoms with E-state index in [0.29, 0.717) is 29.3 Å². The molecule has 2 N–H and O–H groups in total. The molecule has 0 radical (unpaired) electrons. The SMILES string of the molecule is CN([C@@H]1CCN(Cc2ccccc2)C1)S(=O)(=O)NCCc1[nH]c(-c2ccccc2)nc1-c1ccc(C(F)(F)F)cc1. The molecule has 0 saturated carbocycles. The Morgan fingerprint density at radius 3 is 2.29 bits per heavy atom. The highest BCUT2D eigenvalue weighted by Crippen LogP contribution is 2.32. The Morgan fingerprint density at radius 1 is 0.976 bits per heavy atom. The van der Waals surface area contributed by atoms with Crippen molar-refractivity contribution in [1.29, 1.82) is 0 Å². The van der Waals surface area contributed by atoms with Crippen molar-refractivity contribution < 1.29 is 21.6 Å². The van der Waals surface area contributed by atoms with Gasteiger partial charge in [0.25, 0.3) is 10.2 Å². The maximum Gasteiger partial charge on any atom is 0.416 e. The van der Waals surface area contributed by atoms with E-state index in [0.717, 1.165) is 37.2 Å². The van der Waals surface area contributed by atoms with E-state index in [2.05, 4.69) is 31.7 Å². The zero-order valence-corrected chi connectivity index (χ0v) is 23.4. The van der Waals surface area contributed by atoms with E-state index in [9.17, 15) is 21.6 Å². The van der Waals surface area contributed by atoms with E-state index >= 15 is 0 Å². The monoisotopic (exact) mass is 583 g/mol. The van der Waals surface area contributed by atoms with E-state index in [4.69, 9.17) is 0 Å². The van der Waals surface area contributed by atoms with Crippen molar-refractivity contribution in [1.82, 2.24) is 23.9 Å². The number of likely N-dealkylation sites (tertiary alicyclic amines) is 1. The second-order valence-electron chi connectivity index (χ2n) is 10.2. The fraction of sp³-hybridized carbons (Fsp3) is 0.300. The van der Waals surface area contributed by atoms with Gasteiger partial charge in [0, 0.05) is 62.5 Å². The lowest BCUT2D eigenvalue weighted by Crippen LogP contribution is -2.45. The minimum Gasteiger partial charge on any atom is -0.341 e. The molecule has 2 heterocycles. The molecule has 0 unspecified atom stereocenters. The third-order valence-electron chi connectivity index (χ3n) is 7.36. The standard InChI is InChI=1S/C30H32F3N5O2S/c1-37(26-17-19-38(21-26)20-22-8-4-2-5-9-22)41(39,40)34-18-16-27-28(23-12-14-25(15-13-23)30(31,32)33)36-29(35-27)24-10-6-3-7-11-24/h2-15,26,34H,16-21H2,1H3,(H,35,36)/t26-/m1/s1. The zero-order valence-electron chi connectivity index (χ0n) is 22.6. The second-order valence-corrected chi connectivity index (χ2v) is 12.0. The molecule has 11 heteroatoms. The molecule has 0 amide bonds. The number of nitrogens with one attached hydrogen (secondary N) is 2. The summed E-state index contributed by atoms with van der Waals surface area (Å²) in [6.45, 7) is 2.32. The van der Waals surface area contributed by atoms with Gasteiger partial charge in [-0.1, -0.05) is 72.8 Å². The van der Waals surface area contributed by atoms with Crippen LogP contribution in [0.5, 0.6) is 0 Å². The van der Waals surface area contributed by atoms with Crippen LogP contribution in [0.1, 0.15) is 23.2 Å². The van der Waals surface area contributed by atoms with E-state index in [1.54, 1.807) is 7.05 Å². The van der Waals surface area contributed by atoms with Crippen molar-refractivity contribution in [2.45, 2.75) is 31.6 Å². The van der Waals surface area contributed by atoms with Gasteiger partial charge in [-0.2, -0.15) is 25.9 Å². The summed E-state index contributed by atoms with van der Waals surface area (Å²) in [5.41, 5.74) is 2.88. The fourth-order valence-electron chi connectivity index (χ4n) is 5.08. The number of aromatic amines is 1. The van der Waals surface area contributed by atoms with E-state index in [1.807, 2.05) is 48.5 Å². The van der Waals surface area contributed by atoms with Gasteiger partial charge in [-0.25, -0.2) is 9.71 Å². The van der Waals surface area contributed by atoms with Gasteiger partial charge in [-0.15, -0.1) is 0 Å². The summed E-state index contributed by atoms with van der Waals surface area (Å²) in [6.07, 6.45) is -3.43. The van der Waals surface area contributed by atoms with Crippen LogP contribution in [0, 0.1) is 0 Å². The predicted molar refractivity (Wildman–Crippen MR) is 153 cm³/mol. The van der Waals surface area contributed by atoms with Crippen molar-refractivity contribution in [3.63, 3.8) is 0 Å². The number of benzene rings is 3. The number of aromatic nitrogens is 2. The average molecular weight is 584 g/mol. The molecule has 0 spiro atoms. The zero-order chi connectivity index (χ0) is 29.0. The molecular weight excluding hydrogens is 551 g/mol. The number of likely N-dealkylation sites (N-methyl/N-ethyl adjacent to an activating group) is 1. The normalized spacial score (nSPS) is 16.5. The third-order valence-corrected chi connectivity index (χ3v) is 8.99. The van der Waals surface area contributed by atoms with Gasteiger partial charge in [0.1, 0.15) is 5.82 Å². The summed E-state index contributed by atoms with van der Waals surface area (Å²) in [5.74, 6) is 0.555. The Labute approximate surface area is 238 Å². The summed E-state index contributed by atoms with van der Waals surface area (Å²) in [6, 6.07) is 24.1. The van der Waals surface area contributed by atoms with Gasteiger partial charge >= 0.3 is 6.18 Å². The predicted octanol–water partition coefficient (Wildman–Crippen LogP) is 5.35. The Morgan fingerprint density at radius 2 is 1.63 bits per heavy atom. The molecule has 3 aromatic carbocycles. The molecular formula is C30H32F3N5O2S. The maximum absolute atomic E-state index is 13.1. The Balaban J connectivity index is 1.27. The van der Waals surface area contributed by atoms with Crippen LogP contribution >= 0.6 is 0 Å². The van der Waals surface area contributed by atoms with Crippen LogP contribution in [0.4, 0.5) is 13.2 Å². The summed E-state index contributed by atoms with van der Waals surface area (Å²) in [5, 5.41) is 0. The van der Waals surface area contributed by atoms with E-state index < -0.39 is 21.9 Å². The molecule has 41 heavy (non-hydrogen) atoms. The second kappa shape index (κ2) is 12.2. The quantitative estimate of drug-likeness (QED) is 0.264. The first-order chi connectivity index (χ1) is 19.6. The highest BCUT2D eigenvalue weighted by atomic mass is 32.2. The molecule has 5 rings (SSSR count). The number of nitrogens with zero attached hydrogens (tertiary/aromatic N) is 3. The van der Waals surface area contributed by atoms with Crippen LogP contribution in [0.2, 0.25) is 0 Å². The first-order valence-electron chi connectivity index (χ1n) is 13.4. The van der Waals surface area contributed by atoms with Crippen molar-refractivity contribution in [3.05, 3.63) is 102 Å². The topological polar surface area (TPSA) is 81.3 Å². The number of hydrogen-bond donors (Lipinski definition) is 2. The van der Waals surface area contributed by atoms with Crippen molar-refractivity contribution >= 4 is 10.2 Å². The lowest BCUT2D eigenvalue weighted by Gasteiger charge is -2.24. The molecule has 1 aromatic heterocycles. The van der Waals surface area contributed by atoms with Crippen molar-refractivity contribution in [2.24, 2.45) is 0 Å². The Hall–Kier alpha value is -3.51. The summed E-state index contributed by atoms with van der Waals surface area (Å²) < 4.78 is 69.7. The van der Waals surface area contributed by atoms with Gasteiger partial charge in [0.15, 0.2) is 0 Å². The molecule has 216 valence electrons. The van der Waals surface area contributed by atoms with Crippen LogP contribution in [-0.2, 0) is 29.4 Å². The molecule has 7 nitrogen and oxygen atoms in total. The van der Waals surface area contributed by atoms with E-state index in [1.165, 1.54) is 22.0 Å². The van der Waals surface area contributed by atoms with Crippen LogP contribution in [0.25, 0.3) is 22.6 Å². The molecule has 0 bridgehead atoms.